The Morgan fingerprint density at radius 3 is 2.90 bits per heavy atom. The van der Waals surface area contributed by atoms with Crippen molar-refractivity contribution in [3.8, 4) is 0 Å². The zero-order valence-corrected chi connectivity index (χ0v) is 13.0. The first-order valence-electron chi connectivity index (χ1n) is 6.74. The molecule has 0 radical (unpaired) electrons. The van der Waals surface area contributed by atoms with Crippen LogP contribution in [0.5, 0.6) is 0 Å². The fourth-order valence-corrected chi connectivity index (χ4v) is 2.31. The molecule has 0 spiro atoms. The van der Waals surface area contributed by atoms with E-state index in [4.69, 9.17) is 14.9 Å². The van der Waals surface area contributed by atoms with Crippen LogP contribution in [0.15, 0.2) is 33.5 Å². The third kappa shape index (κ3) is 3.82. The van der Waals surface area contributed by atoms with Crippen LogP contribution >= 0.6 is 9.24 Å². The third-order valence-electron chi connectivity index (χ3n) is 3.13. The molecule has 0 saturated heterocycles. The first-order chi connectivity index (χ1) is 10.0. The summed E-state index contributed by atoms with van der Waals surface area (Å²) in [4.78, 5) is 23.3. The second kappa shape index (κ2) is 6.72. The van der Waals surface area contributed by atoms with E-state index < -0.39 is 11.7 Å². The molecule has 112 valence electrons. The molecule has 2 rings (SSSR count). The van der Waals surface area contributed by atoms with Gasteiger partial charge in [0, 0.05) is 35.2 Å². The van der Waals surface area contributed by atoms with Gasteiger partial charge in [-0.1, -0.05) is 0 Å². The summed E-state index contributed by atoms with van der Waals surface area (Å²) < 4.78 is 10.5. The number of hydrogen-bond acceptors (Lipinski definition) is 5. The maximum atomic E-state index is 11.7. The van der Waals surface area contributed by atoms with Gasteiger partial charge >= 0.3 is 11.6 Å². The maximum Gasteiger partial charge on any atom is 0.336 e. The Labute approximate surface area is 124 Å². The van der Waals surface area contributed by atoms with Crippen LogP contribution in [0.25, 0.3) is 11.0 Å². The number of carbonyl (C=O) groups is 1. The molecule has 2 aromatic rings. The molecule has 2 unspecified atom stereocenters. The van der Waals surface area contributed by atoms with Crippen LogP contribution in [0.4, 0.5) is 5.69 Å². The van der Waals surface area contributed by atoms with Gasteiger partial charge < -0.3 is 14.9 Å². The number of nitrogens with two attached hydrogens (primary N) is 1. The van der Waals surface area contributed by atoms with E-state index in [0.29, 0.717) is 23.3 Å². The Hall–Kier alpha value is -1.87. The van der Waals surface area contributed by atoms with Crippen LogP contribution in [0.3, 0.4) is 0 Å². The number of ether oxygens (including phenoxy) is 1. The van der Waals surface area contributed by atoms with Gasteiger partial charge in [0.2, 0.25) is 0 Å². The van der Waals surface area contributed by atoms with E-state index in [-0.39, 0.29) is 5.97 Å². The average molecular weight is 307 g/mol. The molecule has 1 aromatic heterocycles. The molecule has 0 fully saturated rings. The van der Waals surface area contributed by atoms with Gasteiger partial charge in [-0.2, -0.15) is 0 Å². The summed E-state index contributed by atoms with van der Waals surface area (Å²) in [6.07, 6.45) is 1.45. The molecule has 2 atom stereocenters. The SMILES string of the molecule is CC(OC(=O)CCCP)c1cc(=O)oc2cc(N)ccc12. The first kappa shape index (κ1) is 15.5. The summed E-state index contributed by atoms with van der Waals surface area (Å²) in [5.74, 6) is -0.276. The third-order valence-corrected chi connectivity index (χ3v) is 3.54. The summed E-state index contributed by atoms with van der Waals surface area (Å²) in [5, 5.41) is 0.718. The minimum absolute atomic E-state index is 0.276. The number of nitrogen functional groups attached to an aromatic ring is 1. The minimum Gasteiger partial charge on any atom is -0.458 e. The molecular weight excluding hydrogens is 289 g/mol. The number of anilines is 1. The van der Waals surface area contributed by atoms with Crippen molar-refractivity contribution in [2.75, 3.05) is 11.9 Å². The lowest BCUT2D eigenvalue weighted by molar-refractivity contribution is -0.148. The highest BCUT2D eigenvalue weighted by molar-refractivity contribution is 7.16. The van der Waals surface area contributed by atoms with Crippen molar-refractivity contribution >= 4 is 31.9 Å². The highest BCUT2D eigenvalue weighted by Crippen LogP contribution is 2.26. The Kier molecular flexibility index (Phi) is 4.97. The highest BCUT2D eigenvalue weighted by atomic mass is 31.0. The molecule has 1 heterocycles. The predicted octanol–water partition coefficient (Wildman–Crippen LogP) is 2.63. The number of carbonyl (C=O) groups excluding carboxylic acids is 1. The average Bonchev–Trinajstić information content (AvgIpc) is 2.43. The smallest absolute Gasteiger partial charge is 0.336 e. The molecule has 2 N–H and O–H groups in total. The second-order valence-corrected chi connectivity index (χ2v) is 5.38. The van der Waals surface area contributed by atoms with Gasteiger partial charge in [0.15, 0.2) is 0 Å². The van der Waals surface area contributed by atoms with E-state index in [0.717, 1.165) is 18.0 Å². The number of rotatable bonds is 5. The quantitative estimate of drug-likeness (QED) is 0.397. The van der Waals surface area contributed by atoms with E-state index in [1.807, 2.05) is 0 Å². The van der Waals surface area contributed by atoms with Gasteiger partial charge in [0.1, 0.15) is 11.7 Å². The Morgan fingerprint density at radius 1 is 1.43 bits per heavy atom. The normalized spacial score (nSPS) is 12.3. The Morgan fingerprint density at radius 2 is 2.19 bits per heavy atom. The lowest BCUT2D eigenvalue weighted by Crippen LogP contribution is -2.11. The molecule has 0 aliphatic rings. The van der Waals surface area contributed by atoms with E-state index in [1.165, 1.54) is 6.07 Å². The minimum atomic E-state index is -0.516. The van der Waals surface area contributed by atoms with Crippen LogP contribution in [-0.4, -0.2) is 12.1 Å². The van der Waals surface area contributed by atoms with Gasteiger partial charge in [-0.15, -0.1) is 9.24 Å². The van der Waals surface area contributed by atoms with Crippen molar-refractivity contribution in [2.45, 2.75) is 25.9 Å². The summed E-state index contributed by atoms with van der Waals surface area (Å²) in [6, 6.07) is 6.42. The predicted molar refractivity (Wildman–Crippen MR) is 85.2 cm³/mol. The lowest BCUT2D eigenvalue weighted by atomic mass is 10.1. The number of benzene rings is 1. The topological polar surface area (TPSA) is 82.5 Å². The van der Waals surface area contributed by atoms with Crippen LogP contribution in [0.1, 0.15) is 31.4 Å². The Bertz CT molecular complexity index is 710. The molecule has 0 aliphatic heterocycles. The van der Waals surface area contributed by atoms with Crippen LogP contribution < -0.4 is 11.4 Å². The van der Waals surface area contributed by atoms with Gasteiger partial charge in [0.05, 0.1) is 0 Å². The summed E-state index contributed by atoms with van der Waals surface area (Å²) >= 11 is 0. The molecule has 0 saturated carbocycles. The van der Waals surface area contributed by atoms with Crippen LogP contribution in [0.2, 0.25) is 0 Å². The molecule has 0 aliphatic carbocycles. The van der Waals surface area contributed by atoms with Gasteiger partial charge in [0.25, 0.3) is 0 Å². The van der Waals surface area contributed by atoms with E-state index in [2.05, 4.69) is 9.24 Å². The van der Waals surface area contributed by atoms with Crippen molar-refractivity contribution in [1.82, 2.24) is 0 Å². The van der Waals surface area contributed by atoms with Crippen molar-refractivity contribution in [3.05, 3.63) is 40.2 Å². The van der Waals surface area contributed by atoms with Crippen molar-refractivity contribution in [3.63, 3.8) is 0 Å². The monoisotopic (exact) mass is 307 g/mol. The Balaban J connectivity index is 2.32. The van der Waals surface area contributed by atoms with Crippen molar-refractivity contribution < 1.29 is 13.9 Å². The highest BCUT2D eigenvalue weighted by Gasteiger charge is 2.16. The standard InChI is InChI=1S/C15H18NO4P/c1-9(19-14(17)3-2-6-21)12-8-15(18)20-13-7-10(16)4-5-11(12)13/h4-5,7-9H,2-3,6,16,21H2,1H3. The fourth-order valence-electron chi connectivity index (χ4n) is 2.11. The second-order valence-electron chi connectivity index (χ2n) is 4.80. The van der Waals surface area contributed by atoms with Gasteiger partial charge in [-0.3, -0.25) is 4.79 Å². The van der Waals surface area contributed by atoms with E-state index in [1.54, 1.807) is 25.1 Å². The van der Waals surface area contributed by atoms with Crippen LogP contribution in [-0.2, 0) is 9.53 Å². The fraction of sp³-hybridized carbons (Fsp3) is 0.333. The van der Waals surface area contributed by atoms with Crippen molar-refractivity contribution in [2.24, 2.45) is 0 Å². The molecular formula is C15H18NO4P. The molecule has 0 bridgehead atoms. The zero-order valence-electron chi connectivity index (χ0n) is 11.8. The van der Waals surface area contributed by atoms with Crippen LogP contribution in [0, 0.1) is 0 Å². The lowest BCUT2D eigenvalue weighted by Gasteiger charge is -2.15. The summed E-state index contributed by atoms with van der Waals surface area (Å²) in [5.41, 5.74) is 6.72. The van der Waals surface area contributed by atoms with Gasteiger partial charge in [-0.05, 0) is 31.6 Å². The van der Waals surface area contributed by atoms with E-state index >= 15 is 0 Å². The molecule has 6 heteroatoms. The zero-order chi connectivity index (χ0) is 15.4. The molecule has 1 aromatic carbocycles. The summed E-state index contributed by atoms with van der Waals surface area (Å²) in [7, 11) is 2.57. The number of fused-ring (bicyclic) bond motifs is 1. The molecule has 5 nitrogen and oxygen atoms in total. The largest absolute Gasteiger partial charge is 0.458 e. The number of esters is 1. The molecule has 21 heavy (non-hydrogen) atoms. The first-order valence-corrected chi connectivity index (χ1v) is 7.55. The van der Waals surface area contributed by atoms with E-state index in [9.17, 15) is 9.59 Å². The molecule has 0 amide bonds. The van der Waals surface area contributed by atoms with Gasteiger partial charge in [-0.25, -0.2) is 4.79 Å². The number of hydrogen-bond donors (Lipinski definition) is 1. The summed E-state index contributed by atoms with van der Waals surface area (Å²) in [6.45, 7) is 1.74. The maximum absolute atomic E-state index is 11.7. The van der Waals surface area contributed by atoms with Crippen molar-refractivity contribution in [1.29, 1.82) is 0 Å².